The summed E-state index contributed by atoms with van der Waals surface area (Å²) in [6.45, 7) is 0.647. The molecule has 0 spiro atoms. The Labute approximate surface area is 158 Å². The molecule has 140 valence electrons. The molecule has 26 heavy (non-hydrogen) atoms. The molecular weight excluding hydrogens is 356 g/mol. The van der Waals surface area contributed by atoms with Crippen molar-refractivity contribution < 1.29 is 19.0 Å². The second kappa shape index (κ2) is 9.77. The van der Waals surface area contributed by atoms with Crippen molar-refractivity contribution in [2.45, 2.75) is 6.42 Å². The van der Waals surface area contributed by atoms with Crippen molar-refractivity contribution in [3.8, 4) is 17.2 Å². The first-order valence-electron chi connectivity index (χ1n) is 8.12. The molecule has 0 fully saturated rings. The molecular formula is C19H23ClN2O4. The van der Waals surface area contributed by atoms with Crippen LogP contribution in [0.5, 0.6) is 17.2 Å². The standard InChI is InChI=1S/C19H23ClN2O4/c1-24-14-6-4-5-13(9-14)7-8-21-19(23)12-22-16-11-17(25-2)15(20)10-18(16)26-3/h4-6,9-11,22H,7-8,12H2,1-3H3,(H,21,23). The van der Waals surface area contributed by atoms with Crippen LogP contribution >= 0.6 is 11.6 Å². The molecule has 0 bridgehead atoms. The van der Waals surface area contributed by atoms with Crippen molar-refractivity contribution in [2.24, 2.45) is 0 Å². The Morgan fingerprint density at radius 2 is 1.81 bits per heavy atom. The number of ether oxygens (including phenoxy) is 3. The molecule has 0 atom stereocenters. The third-order valence-electron chi connectivity index (χ3n) is 3.78. The highest BCUT2D eigenvalue weighted by Gasteiger charge is 2.11. The molecule has 2 N–H and O–H groups in total. The van der Waals surface area contributed by atoms with E-state index in [0.717, 1.165) is 17.7 Å². The molecule has 1 amide bonds. The summed E-state index contributed by atoms with van der Waals surface area (Å²) in [6.07, 6.45) is 0.723. The summed E-state index contributed by atoms with van der Waals surface area (Å²) in [6, 6.07) is 11.1. The average Bonchev–Trinajstić information content (AvgIpc) is 2.66. The van der Waals surface area contributed by atoms with E-state index in [1.807, 2.05) is 24.3 Å². The number of carbonyl (C=O) groups is 1. The SMILES string of the molecule is COc1cccc(CCNC(=O)CNc2cc(OC)c(Cl)cc2OC)c1. The minimum atomic E-state index is -0.121. The zero-order valence-electron chi connectivity index (χ0n) is 15.1. The maximum atomic E-state index is 12.1. The van der Waals surface area contributed by atoms with Gasteiger partial charge in [0, 0.05) is 18.7 Å². The van der Waals surface area contributed by atoms with E-state index < -0.39 is 0 Å². The summed E-state index contributed by atoms with van der Waals surface area (Å²) in [5, 5.41) is 6.36. The van der Waals surface area contributed by atoms with E-state index in [4.69, 9.17) is 25.8 Å². The van der Waals surface area contributed by atoms with E-state index >= 15 is 0 Å². The zero-order chi connectivity index (χ0) is 18.9. The summed E-state index contributed by atoms with van der Waals surface area (Å²) in [4.78, 5) is 12.1. The highest BCUT2D eigenvalue weighted by Crippen LogP contribution is 2.35. The van der Waals surface area contributed by atoms with E-state index in [0.29, 0.717) is 28.8 Å². The minimum absolute atomic E-state index is 0.110. The molecule has 0 unspecified atom stereocenters. The van der Waals surface area contributed by atoms with Gasteiger partial charge < -0.3 is 24.8 Å². The number of nitrogens with one attached hydrogen (secondary N) is 2. The largest absolute Gasteiger partial charge is 0.497 e. The van der Waals surface area contributed by atoms with Gasteiger partial charge in [0.15, 0.2) is 0 Å². The van der Waals surface area contributed by atoms with E-state index in [1.54, 1.807) is 19.2 Å². The van der Waals surface area contributed by atoms with Gasteiger partial charge in [-0.2, -0.15) is 0 Å². The summed E-state index contributed by atoms with van der Waals surface area (Å²) >= 11 is 6.07. The molecule has 0 radical (unpaired) electrons. The Bertz CT molecular complexity index is 752. The summed E-state index contributed by atoms with van der Waals surface area (Å²) in [5.74, 6) is 1.73. The number of benzene rings is 2. The highest BCUT2D eigenvalue weighted by molar-refractivity contribution is 6.32. The summed E-state index contributed by atoms with van der Waals surface area (Å²) < 4.78 is 15.6. The van der Waals surface area contributed by atoms with Gasteiger partial charge in [-0.15, -0.1) is 0 Å². The fourth-order valence-electron chi connectivity index (χ4n) is 2.41. The second-order valence-corrected chi connectivity index (χ2v) is 5.90. The van der Waals surface area contributed by atoms with Gasteiger partial charge >= 0.3 is 0 Å². The number of halogens is 1. The smallest absolute Gasteiger partial charge is 0.239 e. The van der Waals surface area contributed by atoms with Crippen LogP contribution in [-0.2, 0) is 11.2 Å². The number of amides is 1. The first-order chi connectivity index (χ1) is 12.6. The molecule has 0 aliphatic carbocycles. The molecule has 7 heteroatoms. The van der Waals surface area contributed by atoms with Gasteiger partial charge in [-0.1, -0.05) is 23.7 Å². The molecule has 0 saturated carbocycles. The van der Waals surface area contributed by atoms with Crippen molar-refractivity contribution in [3.63, 3.8) is 0 Å². The minimum Gasteiger partial charge on any atom is -0.497 e. The topological polar surface area (TPSA) is 68.8 Å². The fourth-order valence-corrected chi connectivity index (χ4v) is 2.64. The Morgan fingerprint density at radius 1 is 1.04 bits per heavy atom. The average molecular weight is 379 g/mol. The lowest BCUT2D eigenvalue weighted by Crippen LogP contribution is -2.31. The lowest BCUT2D eigenvalue weighted by Gasteiger charge is -2.14. The third kappa shape index (κ3) is 5.46. The van der Waals surface area contributed by atoms with Crippen LogP contribution in [-0.4, -0.2) is 40.3 Å². The Hall–Kier alpha value is -2.60. The number of hydrogen-bond acceptors (Lipinski definition) is 5. The number of carbonyl (C=O) groups excluding carboxylic acids is 1. The number of hydrogen-bond donors (Lipinski definition) is 2. The van der Waals surface area contributed by atoms with Crippen molar-refractivity contribution in [2.75, 3.05) is 39.7 Å². The van der Waals surface area contributed by atoms with Crippen molar-refractivity contribution >= 4 is 23.2 Å². The summed E-state index contributed by atoms with van der Waals surface area (Å²) in [5.41, 5.74) is 1.73. The quantitative estimate of drug-likeness (QED) is 0.701. The highest BCUT2D eigenvalue weighted by atomic mass is 35.5. The van der Waals surface area contributed by atoms with Crippen LogP contribution in [0.25, 0.3) is 0 Å². The maximum absolute atomic E-state index is 12.1. The van der Waals surface area contributed by atoms with Crippen LogP contribution in [0.3, 0.4) is 0 Å². The van der Waals surface area contributed by atoms with Crippen LogP contribution in [0, 0.1) is 0 Å². The Balaban J connectivity index is 1.85. The monoisotopic (exact) mass is 378 g/mol. The lowest BCUT2D eigenvalue weighted by molar-refractivity contribution is -0.119. The Morgan fingerprint density at radius 3 is 2.50 bits per heavy atom. The number of methoxy groups -OCH3 is 3. The lowest BCUT2D eigenvalue weighted by atomic mass is 10.1. The second-order valence-electron chi connectivity index (χ2n) is 5.49. The Kier molecular flexibility index (Phi) is 7.41. The zero-order valence-corrected chi connectivity index (χ0v) is 15.9. The van der Waals surface area contributed by atoms with Gasteiger partial charge in [-0.3, -0.25) is 4.79 Å². The van der Waals surface area contributed by atoms with E-state index in [9.17, 15) is 4.79 Å². The van der Waals surface area contributed by atoms with E-state index in [1.165, 1.54) is 14.2 Å². The molecule has 2 aromatic carbocycles. The van der Waals surface area contributed by atoms with E-state index in [-0.39, 0.29) is 12.5 Å². The molecule has 2 rings (SSSR count). The number of rotatable bonds is 9. The molecule has 0 aromatic heterocycles. The van der Waals surface area contributed by atoms with Crippen LogP contribution in [0.4, 0.5) is 5.69 Å². The predicted octanol–water partition coefficient (Wildman–Crippen LogP) is 3.14. The van der Waals surface area contributed by atoms with E-state index in [2.05, 4.69) is 10.6 Å². The van der Waals surface area contributed by atoms with Crippen molar-refractivity contribution in [1.29, 1.82) is 0 Å². The molecule has 0 aliphatic heterocycles. The van der Waals surface area contributed by atoms with Crippen LogP contribution in [0.2, 0.25) is 5.02 Å². The van der Waals surface area contributed by atoms with Gasteiger partial charge in [0.2, 0.25) is 5.91 Å². The fraction of sp³-hybridized carbons (Fsp3) is 0.316. The normalized spacial score (nSPS) is 10.2. The van der Waals surface area contributed by atoms with Crippen LogP contribution in [0.1, 0.15) is 5.56 Å². The first kappa shape index (κ1) is 19.7. The van der Waals surface area contributed by atoms with Gasteiger partial charge in [0.05, 0.1) is 38.6 Å². The van der Waals surface area contributed by atoms with Crippen molar-refractivity contribution in [1.82, 2.24) is 5.32 Å². The van der Waals surface area contributed by atoms with Crippen LogP contribution < -0.4 is 24.8 Å². The van der Waals surface area contributed by atoms with Crippen LogP contribution in [0.15, 0.2) is 36.4 Å². The molecule has 2 aromatic rings. The van der Waals surface area contributed by atoms with Gasteiger partial charge in [-0.05, 0) is 24.1 Å². The third-order valence-corrected chi connectivity index (χ3v) is 4.08. The molecule has 6 nitrogen and oxygen atoms in total. The predicted molar refractivity (Wildman–Crippen MR) is 103 cm³/mol. The van der Waals surface area contributed by atoms with Gasteiger partial charge in [0.25, 0.3) is 0 Å². The van der Waals surface area contributed by atoms with Gasteiger partial charge in [-0.25, -0.2) is 0 Å². The molecule has 0 heterocycles. The maximum Gasteiger partial charge on any atom is 0.239 e. The van der Waals surface area contributed by atoms with Crippen molar-refractivity contribution in [3.05, 3.63) is 47.0 Å². The summed E-state index contributed by atoms with van der Waals surface area (Å²) in [7, 11) is 4.70. The first-order valence-corrected chi connectivity index (χ1v) is 8.50. The molecule has 0 saturated heterocycles. The number of anilines is 1. The molecule has 0 aliphatic rings. The van der Waals surface area contributed by atoms with Gasteiger partial charge in [0.1, 0.15) is 17.2 Å².